The van der Waals surface area contributed by atoms with Crippen molar-refractivity contribution >= 4 is 34.6 Å². The second-order valence-corrected chi connectivity index (χ2v) is 13.6. The average molecular weight is 603 g/mol. The monoisotopic (exact) mass is 602 g/mol. The first-order valence-corrected chi connectivity index (χ1v) is 15.1. The minimum atomic E-state index is -1.35. The Kier molecular flexibility index (Phi) is 8.22. The summed E-state index contributed by atoms with van der Waals surface area (Å²) in [6.07, 6.45) is 2.64. The van der Waals surface area contributed by atoms with Crippen LogP contribution in [0.25, 0.3) is 10.9 Å². The Morgan fingerprint density at radius 2 is 1.77 bits per heavy atom. The van der Waals surface area contributed by atoms with Crippen molar-refractivity contribution in [1.29, 1.82) is 0 Å². The molecule has 0 radical (unpaired) electrons. The van der Waals surface area contributed by atoms with Gasteiger partial charge in [0.2, 0.25) is 11.8 Å². The van der Waals surface area contributed by atoms with Gasteiger partial charge in [0.1, 0.15) is 28.5 Å². The maximum atomic E-state index is 14.1. The number of hydrogen-bond donors (Lipinski definition) is 3. The lowest BCUT2D eigenvalue weighted by atomic mass is 9.82. The van der Waals surface area contributed by atoms with Gasteiger partial charge >= 0.3 is 6.09 Å². The number of rotatable bonds is 6. The summed E-state index contributed by atoms with van der Waals surface area (Å²) in [5, 5.41) is 6.51. The summed E-state index contributed by atoms with van der Waals surface area (Å²) in [6.45, 7) is 11.1. The van der Waals surface area contributed by atoms with Crippen LogP contribution >= 0.6 is 0 Å². The number of fused-ring (bicyclic) bond motifs is 2. The number of carbonyl (C=O) groups excluding carboxylic acids is 4. The number of hydrogen-bond acceptors (Lipinski definition) is 6. The summed E-state index contributed by atoms with van der Waals surface area (Å²) >= 11 is 0. The van der Waals surface area contributed by atoms with Gasteiger partial charge in [-0.05, 0) is 65.3 Å². The van der Waals surface area contributed by atoms with E-state index in [1.165, 1.54) is 0 Å². The van der Waals surface area contributed by atoms with Crippen molar-refractivity contribution in [2.45, 2.75) is 90.0 Å². The van der Waals surface area contributed by atoms with E-state index < -0.39 is 34.8 Å². The number of nitrogens with one attached hydrogen (secondary N) is 3. The number of piperidine rings is 1. The molecular formula is C34H42N4O6. The molecule has 2 aliphatic rings. The molecule has 3 aromatic rings. The zero-order valence-electron chi connectivity index (χ0n) is 26.3. The zero-order valence-corrected chi connectivity index (χ0v) is 26.3. The van der Waals surface area contributed by atoms with Crippen molar-refractivity contribution in [3.8, 4) is 5.75 Å². The number of Topliss-reactive ketones (excluding diaryl/α,β-unsaturated/α-hetero) is 1. The molecule has 0 saturated carbocycles. The number of amides is 3. The van der Waals surface area contributed by atoms with E-state index in [-0.39, 0.29) is 24.5 Å². The van der Waals surface area contributed by atoms with Crippen molar-refractivity contribution in [3.05, 3.63) is 65.4 Å². The number of alkyl carbamates (subject to hydrolysis) is 1. The van der Waals surface area contributed by atoms with Crippen LogP contribution in [-0.4, -0.2) is 69.4 Å². The number of ether oxygens (including phenoxy) is 2. The lowest BCUT2D eigenvalue weighted by molar-refractivity contribution is -0.140. The molecule has 10 nitrogen and oxygen atoms in total. The Bertz CT molecular complexity index is 1590. The molecule has 2 aliphatic heterocycles. The van der Waals surface area contributed by atoms with Crippen LogP contribution in [0.3, 0.4) is 0 Å². The van der Waals surface area contributed by atoms with E-state index in [1.807, 2.05) is 55.6 Å². The molecule has 0 bridgehead atoms. The van der Waals surface area contributed by atoms with E-state index in [0.29, 0.717) is 37.2 Å². The van der Waals surface area contributed by atoms with E-state index in [9.17, 15) is 19.2 Å². The zero-order chi connectivity index (χ0) is 31.9. The van der Waals surface area contributed by atoms with Crippen molar-refractivity contribution in [3.63, 3.8) is 0 Å². The Labute approximate surface area is 257 Å². The second kappa shape index (κ2) is 11.6. The topological polar surface area (TPSA) is 130 Å². The van der Waals surface area contributed by atoms with Gasteiger partial charge in [0.15, 0.2) is 5.78 Å². The number of nitrogens with zero attached hydrogens (tertiary/aromatic N) is 1. The second-order valence-electron chi connectivity index (χ2n) is 13.6. The van der Waals surface area contributed by atoms with Crippen LogP contribution in [0.4, 0.5) is 4.79 Å². The van der Waals surface area contributed by atoms with Gasteiger partial charge < -0.3 is 30.0 Å². The molecule has 3 amide bonds. The van der Waals surface area contributed by atoms with Crippen LogP contribution in [-0.2, 0) is 20.7 Å². The molecule has 1 atom stereocenters. The van der Waals surface area contributed by atoms with Crippen LogP contribution in [0.2, 0.25) is 0 Å². The Morgan fingerprint density at radius 1 is 1.07 bits per heavy atom. The highest BCUT2D eigenvalue weighted by atomic mass is 16.6. The maximum absolute atomic E-state index is 14.1. The van der Waals surface area contributed by atoms with E-state index in [1.54, 1.807) is 39.5 Å². The van der Waals surface area contributed by atoms with E-state index in [2.05, 4.69) is 15.6 Å². The van der Waals surface area contributed by atoms with Crippen LogP contribution in [0.15, 0.2) is 48.7 Å². The van der Waals surface area contributed by atoms with Crippen LogP contribution < -0.4 is 15.4 Å². The standard InChI is InChI=1S/C34H42N4O6/c1-21-11-12-28-24(17-21)27(39)19-34(43-28)13-15-38(16-14-34)29(40)26(18-22-20-35-25-10-8-7-9-23(22)25)36-30(41)33(5,6)37-31(42)44-32(2,3)4/h7-12,17,20,26,35H,13-16,18-19H2,1-6H3,(H,36,41)(H,37,42). The third kappa shape index (κ3) is 6.74. The number of aromatic nitrogens is 1. The predicted octanol–water partition coefficient (Wildman–Crippen LogP) is 4.83. The third-order valence-corrected chi connectivity index (χ3v) is 8.31. The molecule has 44 heavy (non-hydrogen) atoms. The molecule has 234 valence electrons. The van der Waals surface area contributed by atoms with Gasteiger partial charge in [0, 0.05) is 49.5 Å². The molecule has 1 fully saturated rings. The van der Waals surface area contributed by atoms with Crippen molar-refractivity contribution in [2.75, 3.05) is 13.1 Å². The van der Waals surface area contributed by atoms with Gasteiger partial charge in [-0.3, -0.25) is 14.4 Å². The summed E-state index contributed by atoms with van der Waals surface area (Å²) in [4.78, 5) is 58.1. The largest absolute Gasteiger partial charge is 0.486 e. The average Bonchev–Trinajstić information content (AvgIpc) is 3.34. The Balaban J connectivity index is 1.33. The number of aromatic amines is 1. The van der Waals surface area contributed by atoms with E-state index in [0.717, 1.165) is 22.0 Å². The summed E-state index contributed by atoms with van der Waals surface area (Å²) < 4.78 is 11.8. The van der Waals surface area contributed by atoms with E-state index in [4.69, 9.17) is 9.47 Å². The number of H-pyrrole nitrogens is 1. The number of carbonyl (C=O) groups is 4. The van der Waals surface area contributed by atoms with Crippen molar-refractivity contribution in [2.24, 2.45) is 0 Å². The fraction of sp³-hybridized carbons (Fsp3) is 0.471. The van der Waals surface area contributed by atoms with Gasteiger partial charge in [0.05, 0.1) is 12.0 Å². The number of ketones is 1. The van der Waals surface area contributed by atoms with Crippen molar-refractivity contribution < 1.29 is 28.7 Å². The quantitative estimate of drug-likeness (QED) is 0.371. The summed E-state index contributed by atoms with van der Waals surface area (Å²) in [6, 6.07) is 12.5. The normalized spacial score (nSPS) is 17.0. The fourth-order valence-corrected chi connectivity index (χ4v) is 5.92. The molecule has 1 saturated heterocycles. The number of para-hydroxylation sites is 1. The molecule has 1 unspecified atom stereocenters. The number of aryl methyl sites for hydroxylation is 1. The third-order valence-electron chi connectivity index (χ3n) is 8.31. The van der Waals surface area contributed by atoms with Gasteiger partial charge in [0.25, 0.3) is 0 Å². The number of benzene rings is 2. The minimum Gasteiger partial charge on any atom is -0.486 e. The van der Waals surface area contributed by atoms with Crippen LogP contribution in [0.1, 0.15) is 75.4 Å². The Hall–Kier alpha value is -4.34. The summed E-state index contributed by atoms with van der Waals surface area (Å²) in [5.41, 5.74) is 0.687. The first-order valence-electron chi connectivity index (χ1n) is 15.1. The Morgan fingerprint density at radius 3 is 2.48 bits per heavy atom. The van der Waals surface area contributed by atoms with Crippen LogP contribution in [0, 0.1) is 6.92 Å². The minimum absolute atomic E-state index is 0.0546. The lowest BCUT2D eigenvalue weighted by Gasteiger charge is -2.44. The highest BCUT2D eigenvalue weighted by Crippen LogP contribution is 2.39. The van der Waals surface area contributed by atoms with Gasteiger partial charge in [-0.2, -0.15) is 0 Å². The molecule has 1 spiro atoms. The molecule has 5 rings (SSSR count). The lowest BCUT2D eigenvalue weighted by Crippen LogP contribution is -2.61. The van der Waals surface area contributed by atoms with Gasteiger partial charge in [-0.15, -0.1) is 0 Å². The molecule has 0 aliphatic carbocycles. The smallest absolute Gasteiger partial charge is 0.408 e. The maximum Gasteiger partial charge on any atom is 0.408 e. The SMILES string of the molecule is Cc1ccc2c(c1)C(=O)CC1(CCN(C(=O)C(Cc3c[nH]c4ccccc34)NC(=O)C(C)(C)NC(=O)OC(C)(C)C)CC1)O2. The van der Waals surface area contributed by atoms with Gasteiger partial charge in [-0.1, -0.05) is 29.8 Å². The first-order chi connectivity index (χ1) is 20.6. The highest BCUT2D eigenvalue weighted by molar-refractivity contribution is 6.00. The van der Waals surface area contributed by atoms with E-state index >= 15 is 0 Å². The molecule has 3 heterocycles. The highest BCUT2D eigenvalue weighted by Gasteiger charge is 2.45. The molecule has 1 aromatic heterocycles. The van der Waals surface area contributed by atoms with Gasteiger partial charge in [-0.25, -0.2) is 4.79 Å². The molecule has 3 N–H and O–H groups in total. The van der Waals surface area contributed by atoms with Crippen molar-refractivity contribution in [1.82, 2.24) is 20.5 Å². The fourth-order valence-electron chi connectivity index (χ4n) is 5.92. The van der Waals surface area contributed by atoms with Crippen LogP contribution in [0.5, 0.6) is 5.75 Å². The predicted molar refractivity (Wildman–Crippen MR) is 167 cm³/mol. The molecule has 10 heteroatoms. The number of likely N-dealkylation sites (tertiary alicyclic amines) is 1. The molecule has 2 aromatic carbocycles. The molecular weight excluding hydrogens is 560 g/mol. The summed E-state index contributed by atoms with van der Waals surface area (Å²) in [7, 11) is 0. The summed E-state index contributed by atoms with van der Waals surface area (Å²) in [5.74, 6) is -0.0948. The first kappa shape index (κ1) is 31.1.